The van der Waals surface area contributed by atoms with E-state index in [2.05, 4.69) is 5.32 Å². The molecule has 2 unspecified atom stereocenters. The summed E-state index contributed by atoms with van der Waals surface area (Å²) in [6, 6.07) is 7.91. The van der Waals surface area contributed by atoms with Gasteiger partial charge in [0.2, 0.25) is 5.91 Å². The van der Waals surface area contributed by atoms with Crippen molar-refractivity contribution in [2.75, 3.05) is 13.2 Å². The maximum absolute atomic E-state index is 11.7. The fourth-order valence-corrected chi connectivity index (χ4v) is 2.71. The minimum Gasteiger partial charge on any atom is -0.494 e. The Kier molecular flexibility index (Phi) is 6.05. The van der Waals surface area contributed by atoms with Gasteiger partial charge in [0.25, 0.3) is 0 Å². The highest BCUT2D eigenvalue weighted by Crippen LogP contribution is 2.24. The number of benzene rings is 1. The number of aliphatic hydroxyl groups excluding tert-OH is 1. The number of carbonyl (C=O) groups excluding carboxylic acids is 1. The second-order valence-electron chi connectivity index (χ2n) is 5.91. The van der Waals surface area contributed by atoms with Gasteiger partial charge in [-0.15, -0.1) is 0 Å². The number of rotatable bonds is 7. The summed E-state index contributed by atoms with van der Waals surface area (Å²) >= 11 is 0. The van der Waals surface area contributed by atoms with Crippen LogP contribution in [0.15, 0.2) is 24.3 Å². The number of aliphatic hydroxyl groups is 1. The van der Waals surface area contributed by atoms with E-state index in [4.69, 9.17) is 4.74 Å². The molecule has 0 bridgehead atoms. The number of carbonyl (C=O) groups is 1. The van der Waals surface area contributed by atoms with Crippen LogP contribution in [-0.4, -0.2) is 30.3 Å². The van der Waals surface area contributed by atoms with Crippen molar-refractivity contribution in [3.63, 3.8) is 0 Å². The molecule has 4 nitrogen and oxygen atoms in total. The van der Waals surface area contributed by atoms with E-state index in [1.54, 1.807) is 0 Å². The number of amides is 1. The standard InChI is InChI=1S/C17H25NO3/c1-13-4-2-5-16(10-13)21-9-3-6-17(20)18-12-14-7-8-15(19)11-14/h2,4-5,10,14-15,19H,3,6-9,11-12H2,1H3,(H,18,20). The van der Waals surface area contributed by atoms with Crippen molar-refractivity contribution in [1.82, 2.24) is 5.32 Å². The SMILES string of the molecule is Cc1cccc(OCCCC(=O)NCC2CCC(O)C2)c1. The molecule has 21 heavy (non-hydrogen) atoms. The topological polar surface area (TPSA) is 58.6 Å². The van der Waals surface area contributed by atoms with E-state index in [9.17, 15) is 9.90 Å². The van der Waals surface area contributed by atoms with Crippen LogP contribution in [0.25, 0.3) is 0 Å². The van der Waals surface area contributed by atoms with Crippen molar-refractivity contribution in [3.8, 4) is 5.75 Å². The van der Waals surface area contributed by atoms with Gasteiger partial charge >= 0.3 is 0 Å². The smallest absolute Gasteiger partial charge is 0.220 e. The van der Waals surface area contributed by atoms with E-state index in [0.717, 1.165) is 25.0 Å². The average molecular weight is 291 g/mol. The Morgan fingerprint density at radius 1 is 1.43 bits per heavy atom. The summed E-state index contributed by atoms with van der Waals surface area (Å²) in [7, 11) is 0. The Morgan fingerprint density at radius 3 is 3.00 bits per heavy atom. The average Bonchev–Trinajstić information content (AvgIpc) is 2.87. The molecule has 1 aliphatic rings. The van der Waals surface area contributed by atoms with Gasteiger partial charge in [0.15, 0.2) is 0 Å². The number of hydrogen-bond donors (Lipinski definition) is 2. The van der Waals surface area contributed by atoms with E-state index in [0.29, 0.717) is 31.9 Å². The molecule has 0 aromatic heterocycles. The predicted molar refractivity (Wildman–Crippen MR) is 82.3 cm³/mol. The van der Waals surface area contributed by atoms with Gasteiger partial charge in [0.1, 0.15) is 5.75 Å². The zero-order valence-electron chi connectivity index (χ0n) is 12.7. The number of aryl methyl sites for hydroxylation is 1. The first-order valence-electron chi connectivity index (χ1n) is 7.77. The molecule has 1 aliphatic carbocycles. The van der Waals surface area contributed by atoms with E-state index in [1.807, 2.05) is 31.2 Å². The molecule has 1 saturated carbocycles. The maximum Gasteiger partial charge on any atom is 0.220 e. The van der Waals surface area contributed by atoms with E-state index >= 15 is 0 Å². The minimum absolute atomic E-state index is 0.0734. The summed E-state index contributed by atoms with van der Waals surface area (Å²) in [5.41, 5.74) is 1.17. The summed E-state index contributed by atoms with van der Waals surface area (Å²) in [5, 5.41) is 12.4. The number of nitrogens with one attached hydrogen (secondary N) is 1. The molecule has 1 aromatic carbocycles. The molecular formula is C17H25NO3. The molecule has 116 valence electrons. The lowest BCUT2D eigenvalue weighted by molar-refractivity contribution is -0.121. The molecule has 0 spiro atoms. The zero-order valence-corrected chi connectivity index (χ0v) is 12.7. The molecule has 0 aliphatic heterocycles. The van der Waals surface area contributed by atoms with Crippen LogP contribution in [0.5, 0.6) is 5.75 Å². The third kappa shape index (κ3) is 5.76. The molecule has 0 saturated heterocycles. The Labute approximate surface area is 126 Å². The number of hydrogen-bond acceptors (Lipinski definition) is 3. The van der Waals surface area contributed by atoms with Crippen molar-refractivity contribution in [2.45, 2.75) is 45.1 Å². The second kappa shape index (κ2) is 8.03. The van der Waals surface area contributed by atoms with Crippen LogP contribution in [0.2, 0.25) is 0 Å². The van der Waals surface area contributed by atoms with Crippen LogP contribution in [0.3, 0.4) is 0 Å². The number of ether oxygens (including phenoxy) is 1. The third-order valence-corrected chi connectivity index (χ3v) is 3.91. The van der Waals surface area contributed by atoms with Crippen molar-refractivity contribution >= 4 is 5.91 Å². The third-order valence-electron chi connectivity index (χ3n) is 3.91. The minimum atomic E-state index is -0.172. The monoisotopic (exact) mass is 291 g/mol. The molecule has 1 aromatic rings. The highest BCUT2D eigenvalue weighted by Gasteiger charge is 2.22. The lowest BCUT2D eigenvalue weighted by Crippen LogP contribution is -2.28. The Bertz CT molecular complexity index is 461. The molecule has 4 heteroatoms. The quantitative estimate of drug-likeness (QED) is 0.759. The van der Waals surface area contributed by atoms with Crippen LogP contribution in [0.4, 0.5) is 0 Å². The zero-order chi connectivity index (χ0) is 15.1. The first-order valence-corrected chi connectivity index (χ1v) is 7.77. The fourth-order valence-electron chi connectivity index (χ4n) is 2.71. The molecule has 2 atom stereocenters. The van der Waals surface area contributed by atoms with Gasteiger partial charge < -0.3 is 15.2 Å². The van der Waals surface area contributed by atoms with Crippen molar-refractivity contribution in [1.29, 1.82) is 0 Å². The first kappa shape index (κ1) is 15.8. The molecule has 1 amide bonds. The Hall–Kier alpha value is -1.55. The second-order valence-corrected chi connectivity index (χ2v) is 5.91. The molecule has 2 N–H and O–H groups in total. The lowest BCUT2D eigenvalue weighted by atomic mass is 10.1. The van der Waals surface area contributed by atoms with Crippen molar-refractivity contribution in [3.05, 3.63) is 29.8 Å². The molecule has 2 rings (SSSR count). The van der Waals surface area contributed by atoms with Crippen LogP contribution in [0.1, 0.15) is 37.7 Å². The van der Waals surface area contributed by atoms with Crippen LogP contribution in [0, 0.1) is 12.8 Å². The summed E-state index contributed by atoms with van der Waals surface area (Å²) in [6.07, 6.45) is 3.72. The van der Waals surface area contributed by atoms with Crippen LogP contribution < -0.4 is 10.1 Å². The van der Waals surface area contributed by atoms with E-state index in [-0.39, 0.29) is 12.0 Å². The van der Waals surface area contributed by atoms with Gasteiger partial charge in [-0.1, -0.05) is 12.1 Å². The lowest BCUT2D eigenvalue weighted by Gasteiger charge is -2.11. The van der Waals surface area contributed by atoms with Crippen molar-refractivity contribution < 1.29 is 14.6 Å². The summed E-state index contributed by atoms with van der Waals surface area (Å²) in [6.45, 7) is 3.27. The first-order chi connectivity index (χ1) is 10.1. The van der Waals surface area contributed by atoms with Gasteiger partial charge in [0.05, 0.1) is 12.7 Å². The van der Waals surface area contributed by atoms with Crippen LogP contribution in [-0.2, 0) is 4.79 Å². The molecule has 0 heterocycles. The highest BCUT2D eigenvalue weighted by atomic mass is 16.5. The molecular weight excluding hydrogens is 266 g/mol. The molecule has 1 fully saturated rings. The van der Waals surface area contributed by atoms with E-state index < -0.39 is 0 Å². The van der Waals surface area contributed by atoms with Gasteiger partial charge in [-0.2, -0.15) is 0 Å². The van der Waals surface area contributed by atoms with E-state index in [1.165, 1.54) is 5.56 Å². The molecule has 0 radical (unpaired) electrons. The predicted octanol–water partition coefficient (Wildman–Crippen LogP) is 2.43. The fraction of sp³-hybridized carbons (Fsp3) is 0.588. The Morgan fingerprint density at radius 2 is 2.29 bits per heavy atom. The van der Waals surface area contributed by atoms with Gasteiger partial charge in [-0.05, 0) is 56.2 Å². The normalized spacial score (nSPS) is 21.2. The maximum atomic E-state index is 11.7. The Balaban J connectivity index is 1.55. The van der Waals surface area contributed by atoms with Crippen molar-refractivity contribution in [2.24, 2.45) is 5.92 Å². The summed E-state index contributed by atoms with van der Waals surface area (Å²) in [4.78, 5) is 11.7. The van der Waals surface area contributed by atoms with Gasteiger partial charge in [-0.3, -0.25) is 4.79 Å². The largest absolute Gasteiger partial charge is 0.494 e. The summed E-state index contributed by atoms with van der Waals surface area (Å²) in [5.74, 6) is 1.37. The van der Waals surface area contributed by atoms with Crippen LogP contribution >= 0.6 is 0 Å². The highest BCUT2D eigenvalue weighted by molar-refractivity contribution is 5.75. The van der Waals surface area contributed by atoms with Gasteiger partial charge in [-0.25, -0.2) is 0 Å². The summed E-state index contributed by atoms with van der Waals surface area (Å²) < 4.78 is 5.62. The van der Waals surface area contributed by atoms with Gasteiger partial charge in [0, 0.05) is 13.0 Å².